The van der Waals surface area contributed by atoms with Crippen molar-refractivity contribution in [2.45, 2.75) is 50.6 Å². The first-order valence-electron chi connectivity index (χ1n) is 11.8. The maximum Gasteiger partial charge on any atom is 0.255 e. The lowest BCUT2D eigenvalue weighted by molar-refractivity contribution is -0.124. The molecular formula is C28H27NO4S. The molecule has 3 aromatic carbocycles. The summed E-state index contributed by atoms with van der Waals surface area (Å²) in [4.78, 5) is 39.4. The van der Waals surface area contributed by atoms with Gasteiger partial charge in [-0.05, 0) is 41.1 Å². The van der Waals surface area contributed by atoms with E-state index in [0.717, 1.165) is 22.3 Å². The number of hydrogen-bond acceptors (Lipinski definition) is 5. The second-order valence-electron chi connectivity index (χ2n) is 8.79. The number of hydrogen-bond donors (Lipinski definition) is 0. The smallest absolute Gasteiger partial charge is 0.255 e. The quantitative estimate of drug-likeness (QED) is 0.339. The van der Waals surface area contributed by atoms with Crippen molar-refractivity contribution < 1.29 is 19.1 Å². The molecule has 0 spiro atoms. The standard InChI is InChI=1S/C28H27NO4S/c1-2-34-28(20-11-10-18-6-3-4-7-19(18)16-20)33-26-9-5-8-22-23(26)17-29(27(22)32)24-14-12-21(30)13-15-25(24)31/h3-11,16,24,28H,2,12-15,17H2,1H3. The second kappa shape index (κ2) is 9.63. The van der Waals surface area contributed by atoms with Gasteiger partial charge in [0.15, 0.2) is 11.2 Å². The van der Waals surface area contributed by atoms with Crippen molar-refractivity contribution in [3.8, 4) is 5.75 Å². The molecule has 0 N–H and O–H groups in total. The number of fused-ring (bicyclic) bond motifs is 2. The van der Waals surface area contributed by atoms with Gasteiger partial charge in [0.05, 0.1) is 12.6 Å². The zero-order valence-electron chi connectivity index (χ0n) is 19.2. The summed E-state index contributed by atoms with van der Waals surface area (Å²) >= 11 is 1.70. The van der Waals surface area contributed by atoms with Crippen LogP contribution in [0.5, 0.6) is 5.75 Å². The Hall–Kier alpha value is -3.12. The summed E-state index contributed by atoms with van der Waals surface area (Å²) in [5, 5.41) is 2.34. The van der Waals surface area contributed by atoms with E-state index in [1.807, 2.05) is 24.3 Å². The van der Waals surface area contributed by atoms with Crippen LogP contribution >= 0.6 is 11.8 Å². The molecule has 5 rings (SSSR count). The number of amides is 1. The van der Waals surface area contributed by atoms with E-state index < -0.39 is 6.04 Å². The van der Waals surface area contributed by atoms with Gasteiger partial charge in [0.1, 0.15) is 11.5 Å². The molecule has 0 saturated heterocycles. The van der Waals surface area contributed by atoms with Crippen molar-refractivity contribution in [1.29, 1.82) is 0 Å². The van der Waals surface area contributed by atoms with Gasteiger partial charge >= 0.3 is 0 Å². The average Bonchev–Trinajstić information content (AvgIpc) is 3.09. The fraction of sp³-hybridized carbons (Fsp3) is 0.321. The summed E-state index contributed by atoms with van der Waals surface area (Å²) in [5.41, 5.74) is 2.25. The van der Waals surface area contributed by atoms with Gasteiger partial charge < -0.3 is 9.64 Å². The van der Waals surface area contributed by atoms with Crippen molar-refractivity contribution in [2.24, 2.45) is 0 Å². The third-order valence-electron chi connectivity index (χ3n) is 6.65. The average molecular weight is 474 g/mol. The highest BCUT2D eigenvalue weighted by molar-refractivity contribution is 7.99. The molecule has 1 aliphatic carbocycles. The highest BCUT2D eigenvalue weighted by atomic mass is 32.2. The van der Waals surface area contributed by atoms with Crippen LogP contribution in [-0.4, -0.2) is 34.2 Å². The molecule has 1 amide bonds. The van der Waals surface area contributed by atoms with Crippen molar-refractivity contribution >= 4 is 40.0 Å². The summed E-state index contributed by atoms with van der Waals surface area (Å²) in [6, 6.07) is 19.6. The van der Waals surface area contributed by atoms with Gasteiger partial charge in [0, 0.05) is 36.0 Å². The summed E-state index contributed by atoms with van der Waals surface area (Å²) in [6.07, 6.45) is 1.24. The van der Waals surface area contributed by atoms with E-state index in [0.29, 0.717) is 30.7 Å². The van der Waals surface area contributed by atoms with Crippen LogP contribution < -0.4 is 4.74 Å². The Labute approximate surface area is 203 Å². The molecule has 2 atom stereocenters. The topological polar surface area (TPSA) is 63.7 Å². The number of nitrogens with zero attached hydrogens (tertiary/aromatic N) is 1. The number of ether oxygens (including phenoxy) is 1. The Bertz CT molecular complexity index is 1270. The van der Waals surface area contributed by atoms with Crippen molar-refractivity contribution in [3.63, 3.8) is 0 Å². The monoisotopic (exact) mass is 473 g/mol. The molecule has 0 aromatic heterocycles. The molecule has 6 heteroatoms. The summed E-state index contributed by atoms with van der Waals surface area (Å²) in [6.45, 7) is 2.43. The Morgan fingerprint density at radius 1 is 0.971 bits per heavy atom. The van der Waals surface area contributed by atoms with Gasteiger partial charge in [-0.15, -0.1) is 11.8 Å². The van der Waals surface area contributed by atoms with Crippen LogP contribution in [0, 0.1) is 0 Å². The van der Waals surface area contributed by atoms with Crippen LogP contribution in [0.3, 0.4) is 0 Å². The van der Waals surface area contributed by atoms with E-state index in [-0.39, 0.29) is 35.8 Å². The third kappa shape index (κ3) is 4.34. The summed E-state index contributed by atoms with van der Waals surface area (Å²) < 4.78 is 6.53. The maximum atomic E-state index is 13.2. The van der Waals surface area contributed by atoms with Crippen LogP contribution in [0.25, 0.3) is 10.8 Å². The lowest BCUT2D eigenvalue weighted by Gasteiger charge is -2.25. The molecule has 0 radical (unpaired) electrons. The van der Waals surface area contributed by atoms with Crippen LogP contribution in [0.4, 0.5) is 0 Å². The Kier molecular flexibility index (Phi) is 6.42. The van der Waals surface area contributed by atoms with Crippen LogP contribution in [0.2, 0.25) is 0 Å². The van der Waals surface area contributed by atoms with E-state index in [1.165, 1.54) is 5.39 Å². The number of carbonyl (C=O) groups is 3. The van der Waals surface area contributed by atoms with Crippen molar-refractivity contribution in [3.05, 3.63) is 77.4 Å². The largest absolute Gasteiger partial charge is 0.475 e. The molecule has 34 heavy (non-hydrogen) atoms. The molecule has 174 valence electrons. The van der Waals surface area contributed by atoms with Crippen LogP contribution in [0.1, 0.15) is 59.5 Å². The molecule has 3 aromatic rings. The first-order chi connectivity index (χ1) is 16.5. The molecule has 1 aliphatic heterocycles. The van der Waals surface area contributed by atoms with Crippen molar-refractivity contribution in [2.75, 3.05) is 5.75 Å². The number of benzene rings is 3. The molecule has 2 aliphatic rings. The fourth-order valence-corrected chi connectivity index (χ4v) is 5.66. The van der Waals surface area contributed by atoms with Gasteiger partial charge in [0.25, 0.3) is 5.91 Å². The zero-order valence-corrected chi connectivity index (χ0v) is 20.0. The Morgan fingerprint density at radius 2 is 1.79 bits per heavy atom. The van der Waals surface area contributed by atoms with E-state index >= 15 is 0 Å². The molecule has 2 unspecified atom stereocenters. The van der Waals surface area contributed by atoms with Gasteiger partial charge in [0.2, 0.25) is 0 Å². The van der Waals surface area contributed by atoms with Gasteiger partial charge in [-0.1, -0.05) is 49.4 Å². The highest BCUT2D eigenvalue weighted by Gasteiger charge is 2.39. The Morgan fingerprint density at radius 3 is 2.62 bits per heavy atom. The van der Waals surface area contributed by atoms with E-state index in [2.05, 4.69) is 37.3 Å². The predicted octanol–water partition coefficient (Wildman–Crippen LogP) is 5.71. The minimum atomic E-state index is -0.541. The SMILES string of the molecule is CCSC(Oc1cccc2c1CN(C1CCC(=O)CCC1=O)C2=O)c1ccc2ccccc2c1. The van der Waals surface area contributed by atoms with Crippen LogP contribution in [-0.2, 0) is 16.1 Å². The summed E-state index contributed by atoms with van der Waals surface area (Å²) in [5.74, 6) is 1.47. The molecule has 5 nitrogen and oxygen atoms in total. The number of carbonyl (C=O) groups excluding carboxylic acids is 3. The van der Waals surface area contributed by atoms with Crippen molar-refractivity contribution in [1.82, 2.24) is 4.90 Å². The zero-order chi connectivity index (χ0) is 23.7. The predicted molar refractivity (Wildman–Crippen MR) is 134 cm³/mol. The number of ketones is 2. The minimum Gasteiger partial charge on any atom is -0.475 e. The minimum absolute atomic E-state index is 0.0231. The molecule has 0 bridgehead atoms. The number of thioether (sulfide) groups is 1. The van der Waals surface area contributed by atoms with Crippen LogP contribution in [0.15, 0.2) is 60.7 Å². The van der Waals surface area contributed by atoms with E-state index in [9.17, 15) is 14.4 Å². The van der Waals surface area contributed by atoms with Gasteiger partial charge in [-0.3, -0.25) is 14.4 Å². The Balaban J connectivity index is 1.43. The highest BCUT2D eigenvalue weighted by Crippen LogP contribution is 2.39. The van der Waals surface area contributed by atoms with Gasteiger partial charge in [-0.25, -0.2) is 0 Å². The molecule has 1 fully saturated rings. The normalized spacial score (nSPS) is 19.3. The summed E-state index contributed by atoms with van der Waals surface area (Å²) in [7, 11) is 0. The molecule has 1 saturated carbocycles. The first-order valence-corrected chi connectivity index (χ1v) is 12.8. The molecular weight excluding hydrogens is 446 g/mol. The number of Topliss-reactive ketones (excluding diaryl/α,β-unsaturated/α-hetero) is 2. The molecule has 1 heterocycles. The fourth-order valence-electron chi connectivity index (χ4n) is 4.85. The number of rotatable bonds is 6. The maximum absolute atomic E-state index is 13.2. The second-order valence-corrected chi connectivity index (χ2v) is 10.1. The van der Waals surface area contributed by atoms with E-state index in [4.69, 9.17) is 4.74 Å². The first kappa shape index (κ1) is 22.7. The van der Waals surface area contributed by atoms with Gasteiger partial charge in [-0.2, -0.15) is 0 Å². The third-order valence-corrected chi connectivity index (χ3v) is 7.65. The lowest BCUT2D eigenvalue weighted by atomic mass is 10.1. The van der Waals surface area contributed by atoms with E-state index in [1.54, 1.807) is 22.7 Å². The lowest BCUT2D eigenvalue weighted by Crippen LogP contribution is -2.40.